The summed E-state index contributed by atoms with van der Waals surface area (Å²) >= 11 is 5.22. The molecule has 2 atom stereocenters. The van der Waals surface area contributed by atoms with E-state index in [0.29, 0.717) is 11.3 Å². The van der Waals surface area contributed by atoms with Crippen molar-refractivity contribution in [2.45, 2.75) is 52.6 Å². The molecule has 3 heteroatoms. The zero-order valence-electron chi connectivity index (χ0n) is 9.18. The Morgan fingerprint density at radius 1 is 1.57 bits per heavy atom. The average Bonchev–Trinajstić information content (AvgIpc) is 2.02. The van der Waals surface area contributed by atoms with Crippen LogP contribution in [0.25, 0.3) is 0 Å². The number of ether oxygens (including phenoxy) is 1. The zero-order valence-corrected chi connectivity index (χ0v) is 9.93. The minimum absolute atomic E-state index is 0.0288. The highest BCUT2D eigenvalue weighted by Gasteiger charge is 2.36. The van der Waals surface area contributed by atoms with Crippen molar-refractivity contribution in [3.05, 3.63) is 0 Å². The Morgan fingerprint density at radius 3 is 2.71 bits per heavy atom. The molecule has 1 saturated carbocycles. The van der Waals surface area contributed by atoms with Crippen molar-refractivity contribution >= 4 is 17.0 Å². The molecule has 0 saturated heterocycles. The maximum absolute atomic E-state index is 10.6. The fraction of sp³-hybridized carbons (Fsp3) is 0.909. The molecule has 82 valence electrons. The molecule has 0 aromatic carbocycles. The summed E-state index contributed by atoms with van der Waals surface area (Å²) in [6.45, 7) is 6.72. The molecular weight excluding hydrogens is 200 g/mol. The third kappa shape index (κ3) is 2.88. The second-order valence-electron chi connectivity index (χ2n) is 4.88. The van der Waals surface area contributed by atoms with Gasteiger partial charge in [0.15, 0.2) is 0 Å². The molecule has 0 heterocycles. The SMILES string of the molecule is CC(C)C1(C)CCCC(OC(=O)Cl)C1. The normalized spacial score (nSPS) is 33.1. The quantitative estimate of drug-likeness (QED) is 0.656. The van der Waals surface area contributed by atoms with E-state index in [1.807, 2.05) is 0 Å². The average molecular weight is 219 g/mol. The first kappa shape index (κ1) is 11.8. The van der Waals surface area contributed by atoms with Crippen molar-refractivity contribution in [3.8, 4) is 0 Å². The summed E-state index contributed by atoms with van der Waals surface area (Å²) in [6, 6.07) is 0. The van der Waals surface area contributed by atoms with Crippen molar-refractivity contribution in [2.75, 3.05) is 0 Å². The number of carbonyl (C=O) groups excluding carboxylic acids is 1. The fourth-order valence-electron chi connectivity index (χ4n) is 2.21. The maximum Gasteiger partial charge on any atom is 0.404 e. The number of rotatable bonds is 2. The Morgan fingerprint density at radius 2 is 2.21 bits per heavy atom. The van der Waals surface area contributed by atoms with Crippen molar-refractivity contribution in [2.24, 2.45) is 11.3 Å². The van der Waals surface area contributed by atoms with Crippen LogP contribution in [-0.4, -0.2) is 11.5 Å². The molecule has 1 rings (SSSR count). The van der Waals surface area contributed by atoms with E-state index in [1.165, 1.54) is 6.42 Å². The highest BCUT2D eigenvalue weighted by molar-refractivity contribution is 6.61. The minimum Gasteiger partial charge on any atom is -0.450 e. The first-order chi connectivity index (χ1) is 6.44. The monoisotopic (exact) mass is 218 g/mol. The topological polar surface area (TPSA) is 26.3 Å². The summed E-state index contributed by atoms with van der Waals surface area (Å²) in [5.41, 5.74) is -0.363. The molecule has 0 bridgehead atoms. The van der Waals surface area contributed by atoms with Gasteiger partial charge in [-0.1, -0.05) is 20.8 Å². The summed E-state index contributed by atoms with van der Waals surface area (Å²) < 4.78 is 5.06. The third-order valence-corrected chi connectivity index (χ3v) is 3.71. The van der Waals surface area contributed by atoms with Gasteiger partial charge in [0.2, 0.25) is 0 Å². The molecule has 0 aromatic heterocycles. The van der Waals surface area contributed by atoms with Gasteiger partial charge in [0.05, 0.1) is 0 Å². The fourth-order valence-corrected chi connectivity index (χ4v) is 2.34. The van der Waals surface area contributed by atoms with Crippen LogP contribution in [0.3, 0.4) is 0 Å². The third-order valence-electron chi connectivity index (χ3n) is 3.62. The number of halogens is 1. The zero-order chi connectivity index (χ0) is 10.8. The van der Waals surface area contributed by atoms with Crippen molar-refractivity contribution in [1.29, 1.82) is 0 Å². The van der Waals surface area contributed by atoms with Gasteiger partial charge in [-0.3, -0.25) is 0 Å². The van der Waals surface area contributed by atoms with E-state index in [1.54, 1.807) is 0 Å². The second kappa shape index (κ2) is 4.52. The summed E-state index contributed by atoms with van der Waals surface area (Å²) in [5, 5.41) is 0. The van der Waals surface area contributed by atoms with Gasteiger partial charge in [0.1, 0.15) is 6.10 Å². The lowest BCUT2D eigenvalue weighted by Gasteiger charge is -2.40. The van der Waals surface area contributed by atoms with Gasteiger partial charge in [-0.25, -0.2) is 4.79 Å². The Hall–Kier alpha value is -0.240. The van der Waals surface area contributed by atoms with Crippen LogP contribution in [0.5, 0.6) is 0 Å². The lowest BCUT2D eigenvalue weighted by atomic mass is 9.67. The summed E-state index contributed by atoms with van der Waals surface area (Å²) in [4.78, 5) is 10.6. The molecule has 0 spiro atoms. The number of carbonyl (C=O) groups is 1. The Balaban J connectivity index is 2.55. The first-order valence-corrected chi connectivity index (χ1v) is 5.68. The standard InChI is InChI=1S/C11H19ClO2/c1-8(2)11(3)6-4-5-9(7-11)14-10(12)13/h8-9H,4-7H2,1-3H3. The number of hydrogen-bond donors (Lipinski definition) is 0. The molecule has 1 aliphatic rings. The molecule has 1 fully saturated rings. The van der Waals surface area contributed by atoms with Crippen LogP contribution in [0.15, 0.2) is 0 Å². The van der Waals surface area contributed by atoms with Gasteiger partial charge in [-0.15, -0.1) is 0 Å². The van der Waals surface area contributed by atoms with E-state index in [0.717, 1.165) is 19.3 Å². The van der Waals surface area contributed by atoms with E-state index in [2.05, 4.69) is 20.8 Å². The second-order valence-corrected chi connectivity index (χ2v) is 5.19. The van der Waals surface area contributed by atoms with Gasteiger partial charge in [-0.05, 0) is 37.0 Å². The Bertz CT molecular complexity index is 215. The Kier molecular flexibility index (Phi) is 3.82. The lowest BCUT2D eigenvalue weighted by Crippen LogP contribution is -2.34. The van der Waals surface area contributed by atoms with Gasteiger partial charge in [0, 0.05) is 11.6 Å². The molecule has 0 N–H and O–H groups in total. The molecule has 1 aliphatic carbocycles. The van der Waals surface area contributed by atoms with Gasteiger partial charge in [0.25, 0.3) is 0 Å². The summed E-state index contributed by atoms with van der Waals surface area (Å²) in [6.07, 6.45) is 4.29. The summed E-state index contributed by atoms with van der Waals surface area (Å²) in [7, 11) is 0. The maximum atomic E-state index is 10.6. The first-order valence-electron chi connectivity index (χ1n) is 5.30. The summed E-state index contributed by atoms with van der Waals surface area (Å²) in [5.74, 6) is 0.624. The predicted molar refractivity (Wildman–Crippen MR) is 57.5 cm³/mol. The Labute approximate surface area is 91.0 Å². The molecule has 2 nitrogen and oxygen atoms in total. The van der Waals surface area contributed by atoms with E-state index >= 15 is 0 Å². The molecule has 0 radical (unpaired) electrons. The predicted octanol–water partition coefficient (Wildman–Crippen LogP) is 3.97. The van der Waals surface area contributed by atoms with Crippen LogP contribution in [0.4, 0.5) is 4.79 Å². The van der Waals surface area contributed by atoms with Crippen LogP contribution in [0.2, 0.25) is 0 Å². The van der Waals surface area contributed by atoms with Crippen LogP contribution in [-0.2, 0) is 4.74 Å². The van der Waals surface area contributed by atoms with Crippen LogP contribution >= 0.6 is 11.6 Å². The van der Waals surface area contributed by atoms with Gasteiger partial charge < -0.3 is 4.74 Å². The molecule has 0 amide bonds. The molecular formula is C11H19ClO2. The molecule has 14 heavy (non-hydrogen) atoms. The van der Waals surface area contributed by atoms with E-state index in [9.17, 15) is 4.79 Å². The van der Waals surface area contributed by atoms with Gasteiger partial charge >= 0.3 is 5.43 Å². The number of hydrogen-bond acceptors (Lipinski definition) is 2. The highest BCUT2D eigenvalue weighted by Crippen LogP contribution is 2.42. The van der Waals surface area contributed by atoms with E-state index < -0.39 is 5.43 Å². The smallest absolute Gasteiger partial charge is 0.404 e. The molecule has 0 aliphatic heterocycles. The van der Waals surface area contributed by atoms with Crippen LogP contribution in [0, 0.1) is 11.3 Å². The minimum atomic E-state index is -0.664. The van der Waals surface area contributed by atoms with E-state index in [4.69, 9.17) is 16.3 Å². The largest absolute Gasteiger partial charge is 0.450 e. The van der Waals surface area contributed by atoms with Crippen molar-refractivity contribution in [1.82, 2.24) is 0 Å². The van der Waals surface area contributed by atoms with Crippen LogP contribution in [0.1, 0.15) is 46.5 Å². The molecule has 2 unspecified atom stereocenters. The molecule has 0 aromatic rings. The van der Waals surface area contributed by atoms with E-state index in [-0.39, 0.29) is 6.10 Å². The van der Waals surface area contributed by atoms with Crippen LogP contribution < -0.4 is 0 Å². The van der Waals surface area contributed by atoms with Gasteiger partial charge in [-0.2, -0.15) is 0 Å². The van der Waals surface area contributed by atoms with Crippen molar-refractivity contribution < 1.29 is 9.53 Å². The van der Waals surface area contributed by atoms with Crippen molar-refractivity contribution in [3.63, 3.8) is 0 Å². The highest BCUT2D eigenvalue weighted by atomic mass is 35.5. The lowest BCUT2D eigenvalue weighted by molar-refractivity contribution is 0.0226.